The van der Waals surface area contributed by atoms with E-state index in [0.29, 0.717) is 4.90 Å². The molecular formula is C7H8O2S. The third-order valence-corrected chi connectivity index (χ3v) is 2.12. The van der Waals surface area contributed by atoms with Gasteiger partial charge in [-0.05, 0) is 18.6 Å². The molecule has 0 spiro atoms. The summed E-state index contributed by atoms with van der Waals surface area (Å²) in [6.07, 6.45) is 0. The summed E-state index contributed by atoms with van der Waals surface area (Å²) in [7, 11) is 0. The monoisotopic (exact) mass is 156 g/mol. The Hall–Kier alpha value is -0.670. The van der Waals surface area contributed by atoms with Gasteiger partial charge in [-0.2, -0.15) is 0 Å². The summed E-state index contributed by atoms with van der Waals surface area (Å²) in [6.45, 7) is 1.81. The van der Waals surface area contributed by atoms with Gasteiger partial charge in [0, 0.05) is 0 Å². The molecule has 0 saturated heterocycles. The Morgan fingerprint density at radius 1 is 1.40 bits per heavy atom. The molecule has 10 heavy (non-hydrogen) atoms. The summed E-state index contributed by atoms with van der Waals surface area (Å²) < 4.78 is 19.2. The minimum absolute atomic E-state index is 0.488. The predicted octanol–water partition coefficient (Wildman–Crippen LogP) is 1.58. The van der Waals surface area contributed by atoms with E-state index in [1.54, 1.807) is 12.1 Å². The molecule has 3 heteroatoms. The molecule has 1 atom stereocenters. The Bertz CT molecular complexity index is 258. The van der Waals surface area contributed by atoms with Gasteiger partial charge in [-0.1, -0.05) is 18.2 Å². The van der Waals surface area contributed by atoms with Gasteiger partial charge in [-0.15, -0.1) is 0 Å². The molecule has 1 unspecified atom stereocenters. The lowest BCUT2D eigenvalue weighted by Gasteiger charge is -1.97. The number of rotatable bonds is 1. The molecule has 0 aromatic heterocycles. The van der Waals surface area contributed by atoms with E-state index in [9.17, 15) is 4.21 Å². The lowest BCUT2D eigenvalue weighted by Crippen LogP contribution is -1.90. The van der Waals surface area contributed by atoms with Gasteiger partial charge in [-0.25, -0.2) is 4.21 Å². The van der Waals surface area contributed by atoms with Gasteiger partial charge >= 0.3 is 0 Å². The zero-order valence-electron chi connectivity index (χ0n) is 5.57. The second-order valence-electron chi connectivity index (χ2n) is 2.01. The van der Waals surface area contributed by atoms with Crippen molar-refractivity contribution in [3.63, 3.8) is 0 Å². The first-order valence-electron chi connectivity index (χ1n) is 2.88. The lowest BCUT2D eigenvalue weighted by atomic mass is 10.2. The Kier molecular flexibility index (Phi) is 2.19. The molecule has 0 aliphatic carbocycles. The van der Waals surface area contributed by atoms with Gasteiger partial charge in [0.05, 0.1) is 4.90 Å². The van der Waals surface area contributed by atoms with E-state index >= 15 is 0 Å². The number of hydrogen-bond acceptors (Lipinski definition) is 1. The molecule has 0 saturated carbocycles. The Balaban J connectivity index is 3.15. The molecule has 0 heterocycles. The quantitative estimate of drug-likeness (QED) is 0.627. The SMILES string of the molecule is Cc1ccccc1S(=O)O. The topological polar surface area (TPSA) is 37.3 Å². The molecule has 1 N–H and O–H groups in total. The van der Waals surface area contributed by atoms with E-state index in [-0.39, 0.29) is 0 Å². The Morgan fingerprint density at radius 3 is 2.40 bits per heavy atom. The molecule has 1 aromatic rings. The molecule has 1 rings (SSSR count). The highest BCUT2D eigenvalue weighted by Gasteiger charge is 2.00. The summed E-state index contributed by atoms with van der Waals surface area (Å²) in [6, 6.07) is 7.04. The van der Waals surface area contributed by atoms with Crippen LogP contribution in [0.15, 0.2) is 29.2 Å². The average Bonchev–Trinajstić information content (AvgIpc) is 1.88. The fourth-order valence-corrected chi connectivity index (χ4v) is 1.29. The van der Waals surface area contributed by atoms with Gasteiger partial charge < -0.3 is 4.55 Å². The fraction of sp³-hybridized carbons (Fsp3) is 0.143. The average molecular weight is 156 g/mol. The molecule has 0 amide bonds. The second-order valence-corrected chi connectivity index (χ2v) is 2.95. The third kappa shape index (κ3) is 1.43. The number of hydrogen-bond donors (Lipinski definition) is 1. The van der Waals surface area contributed by atoms with Gasteiger partial charge in [0.15, 0.2) is 11.1 Å². The van der Waals surface area contributed by atoms with Crippen molar-refractivity contribution >= 4 is 11.1 Å². The van der Waals surface area contributed by atoms with Crippen LogP contribution in [0.2, 0.25) is 0 Å². The zero-order valence-corrected chi connectivity index (χ0v) is 6.39. The third-order valence-electron chi connectivity index (χ3n) is 1.28. The summed E-state index contributed by atoms with van der Waals surface area (Å²) in [5, 5.41) is 0. The predicted molar refractivity (Wildman–Crippen MR) is 40.2 cm³/mol. The maximum Gasteiger partial charge on any atom is 0.186 e. The van der Waals surface area contributed by atoms with Crippen molar-refractivity contribution in [2.75, 3.05) is 0 Å². The van der Waals surface area contributed by atoms with E-state index in [1.165, 1.54) is 0 Å². The highest BCUT2D eigenvalue weighted by atomic mass is 32.2. The Labute approximate surface area is 62.2 Å². The number of aryl methyl sites for hydroxylation is 1. The minimum atomic E-state index is -1.84. The Morgan fingerprint density at radius 2 is 2.00 bits per heavy atom. The van der Waals surface area contributed by atoms with E-state index in [4.69, 9.17) is 4.55 Å². The molecule has 0 fully saturated rings. The van der Waals surface area contributed by atoms with Crippen LogP contribution in [0.3, 0.4) is 0 Å². The van der Waals surface area contributed by atoms with E-state index in [0.717, 1.165) is 5.56 Å². The van der Waals surface area contributed by atoms with Crippen LogP contribution in [0.1, 0.15) is 5.56 Å². The van der Waals surface area contributed by atoms with Crippen LogP contribution >= 0.6 is 0 Å². The smallest absolute Gasteiger partial charge is 0.186 e. The van der Waals surface area contributed by atoms with E-state index < -0.39 is 11.1 Å². The largest absolute Gasteiger partial charge is 0.302 e. The summed E-state index contributed by atoms with van der Waals surface area (Å²) in [5.74, 6) is 0. The maximum atomic E-state index is 10.5. The first-order valence-corrected chi connectivity index (χ1v) is 3.99. The van der Waals surface area contributed by atoms with Gasteiger partial charge in [0.2, 0.25) is 0 Å². The van der Waals surface area contributed by atoms with Gasteiger partial charge in [-0.3, -0.25) is 0 Å². The van der Waals surface area contributed by atoms with Crippen LogP contribution < -0.4 is 0 Å². The summed E-state index contributed by atoms with van der Waals surface area (Å²) in [4.78, 5) is 0.488. The molecule has 0 aliphatic heterocycles. The van der Waals surface area contributed by atoms with Crippen molar-refractivity contribution < 1.29 is 8.76 Å². The molecule has 0 radical (unpaired) electrons. The van der Waals surface area contributed by atoms with Gasteiger partial charge in [0.25, 0.3) is 0 Å². The van der Waals surface area contributed by atoms with Crippen molar-refractivity contribution in [2.45, 2.75) is 11.8 Å². The van der Waals surface area contributed by atoms with E-state index in [2.05, 4.69) is 0 Å². The van der Waals surface area contributed by atoms with Crippen LogP contribution in [-0.2, 0) is 11.1 Å². The van der Waals surface area contributed by atoms with Crippen LogP contribution in [0.25, 0.3) is 0 Å². The molecule has 2 nitrogen and oxygen atoms in total. The van der Waals surface area contributed by atoms with Crippen molar-refractivity contribution in [2.24, 2.45) is 0 Å². The van der Waals surface area contributed by atoms with Crippen molar-refractivity contribution in [1.82, 2.24) is 0 Å². The zero-order chi connectivity index (χ0) is 7.56. The second kappa shape index (κ2) is 2.94. The normalized spacial score (nSPS) is 13.0. The van der Waals surface area contributed by atoms with Crippen LogP contribution in [0.5, 0.6) is 0 Å². The van der Waals surface area contributed by atoms with Crippen LogP contribution in [0, 0.1) is 6.92 Å². The number of benzene rings is 1. The standard InChI is InChI=1S/C7H8O2S/c1-6-4-2-3-5-7(6)10(8)9/h2-5H,1H3,(H,8,9). The maximum absolute atomic E-state index is 10.5. The first kappa shape index (κ1) is 7.44. The highest BCUT2D eigenvalue weighted by molar-refractivity contribution is 7.79. The summed E-state index contributed by atoms with van der Waals surface area (Å²) in [5.41, 5.74) is 0.850. The van der Waals surface area contributed by atoms with Crippen LogP contribution in [0.4, 0.5) is 0 Å². The van der Waals surface area contributed by atoms with Crippen molar-refractivity contribution in [3.05, 3.63) is 29.8 Å². The minimum Gasteiger partial charge on any atom is -0.302 e. The molecule has 54 valence electrons. The van der Waals surface area contributed by atoms with Crippen molar-refractivity contribution in [3.8, 4) is 0 Å². The van der Waals surface area contributed by atoms with Crippen LogP contribution in [-0.4, -0.2) is 8.76 Å². The molecule has 0 aliphatic rings. The highest BCUT2D eigenvalue weighted by Crippen LogP contribution is 2.09. The molecular weight excluding hydrogens is 148 g/mol. The van der Waals surface area contributed by atoms with Gasteiger partial charge in [0.1, 0.15) is 0 Å². The molecule has 1 aromatic carbocycles. The first-order chi connectivity index (χ1) is 4.72. The summed E-state index contributed by atoms with van der Waals surface area (Å²) >= 11 is -1.84. The van der Waals surface area contributed by atoms with E-state index in [1.807, 2.05) is 19.1 Å². The van der Waals surface area contributed by atoms with Crippen molar-refractivity contribution in [1.29, 1.82) is 0 Å². The lowest BCUT2D eigenvalue weighted by molar-refractivity contribution is 0.564. The fourth-order valence-electron chi connectivity index (χ4n) is 0.752. The molecule has 0 bridgehead atoms.